The van der Waals surface area contributed by atoms with Crippen molar-refractivity contribution in [1.82, 2.24) is 4.98 Å². The Morgan fingerprint density at radius 2 is 2.16 bits per heavy atom. The van der Waals surface area contributed by atoms with Crippen LogP contribution < -0.4 is 4.74 Å². The lowest BCUT2D eigenvalue weighted by atomic mass is 10.2. The summed E-state index contributed by atoms with van der Waals surface area (Å²) in [4.78, 5) is 14.2. The van der Waals surface area contributed by atoms with E-state index in [-0.39, 0.29) is 12.3 Å². The normalized spacial score (nSPS) is 10.2. The Labute approximate surface area is 122 Å². The van der Waals surface area contributed by atoms with Gasteiger partial charge in [-0.3, -0.25) is 15.1 Å². The van der Waals surface area contributed by atoms with Gasteiger partial charge in [-0.15, -0.1) is 0 Å². The van der Waals surface area contributed by atoms with Crippen LogP contribution in [0.1, 0.15) is 5.56 Å². The molecule has 0 unspecified atom stereocenters. The van der Waals surface area contributed by atoms with Gasteiger partial charge >= 0.3 is 0 Å². The van der Waals surface area contributed by atoms with Crippen LogP contribution in [0, 0.1) is 10.1 Å². The lowest BCUT2D eigenvalue weighted by Crippen LogP contribution is -1.98. The minimum atomic E-state index is -0.450. The highest BCUT2D eigenvalue weighted by Gasteiger charge is 2.12. The highest BCUT2D eigenvalue weighted by Crippen LogP contribution is 2.26. The van der Waals surface area contributed by atoms with Crippen LogP contribution in [-0.4, -0.2) is 9.91 Å². The quantitative estimate of drug-likeness (QED) is 0.622. The average Bonchev–Trinajstić information content (AvgIpc) is 2.37. The molecular weight excluding hydrogens is 336 g/mol. The monoisotopic (exact) mass is 342 g/mol. The lowest BCUT2D eigenvalue weighted by Gasteiger charge is -2.06. The number of rotatable bonds is 4. The zero-order chi connectivity index (χ0) is 13.8. The lowest BCUT2D eigenvalue weighted by molar-refractivity contribution is -0.385. The molecule has 0 atom stereocenters. The molecule has 0 aliphatic rings. The first-order valence-corrected chi connectivity index (χ1v) is 6.39. The molecule has 1 aromatic carbocycles. The predicted molar refractivity (Wildman–Crippen MR) is 74.4 cm³/mol. The van der Waals surface area contributed by atoms with Crippen LogP contribution in [0.2, 0.25) is 5.02 Å². The van der Waals surface area contributed by atoms with Crippen LogP contribution in [-0.2, 0) is 6.61 Å². The van der Waals surface area contributed by atoms with Gasteiger partial charge in [0.05, 0.1) is 20.6 Å². The summed E-state index contributed by atoms with van der Waals surface area (Å²) in [5.74, 6) is 0.512. The maximum atomic E-state index is 10.8. The molecule has 0 bridgehead atoms. The second kappa shape index (κ2) is 5.99. The van der Waals surface area contributed by atoms with Crippen LogP contribution in [0.15, 0.2) is 41.1 Å². The topological polar surface area (TPSA) is 65.3 Å². The molecule has 0 spiro atoms. The molecule has 7 heteroatoms. The summed E-state index contributed by atoms with van der Waals surface area (Å²) in [7, 11) is 0. The Morgan fingerprint density at radius 3 is 2.84 bits per heavy atom. The number of aromatic nitrogens is 1. The highest BCUT2D eigenvalue weighted by molar-refractivity contribution is 9.10. The van der Waals surface area contributed by atoms with Crippen molar-refractivity contribution in [3.63, 3.8) is 0 Å². The molecule has 5 nitrogen and oxygen atoms in total. The number of nitro groups is 1. The molecule has 2 rings (SSSR count). The van der Waals surface area contributed by atoms with E-state index in [2.05, 4.69) is 20.9 Å². The van der Waals surface area contributed by atoms with Crippen molar-refractivity contribution in [3.8, 4) is 5.75 Å². The Kier molecular flexibility index (Phi) is 4.34. The van der Waals surface area contributed by atoms with E-state index < -0.39 is 4.92 Å². The third-order valence-corrected chi connectivity index (χ3v) is 3.17. The summed E-state index contributed by atoms with van der Waals surface area (Å²) in [6.07, 6.45) is 3.03. The second-order valence-corrected chi connectivity index (χ2v) is 4.96. The van der Waals surface area contributed by atoms with Crippen LogP contribution in [0.5, 0.6) is 5.75 Å². The van der Waals surface area contributed by atoms with Crippen molar-refractivity contribution >= 4 is 33.2 Å². The molecule has 0 radical (unpaired) electrons. The minimum absolute atomic E-state index is 0.00493. The first-order chi connectivity index (χ1) is 9.06. The van der Waals surface area contributed by atoms with Gasteiger partial charge in [-0.2, -0.15) is 0 Å². The Balaban J connectivity index is 2.12. The van der Waals surface area contributed by atoms with E-state index in [1.165, 1.54) is 18.5 Å². The molecule has 0 N–H and O–H groups in total. The van der Waals surface area contributed by atoms with Crippen molar-refractivity contribution < 1.29 is 9.66 Å². The van der Waals surface area contributed by atoms with E-state index in [1.807, 2.05) is 0 Å². The van der Waals surface area contributed by atoms with Gasteiger partial charge in [0.15, 0.2) is 0 Å². The largest absolute Gasteiger partial charge is 0.487 e. The maximum absolute atomic E-state index is 10.8. The first kappa shape index (κ1) is 13.8. The van der Waals surface area contributed by atoms with Gasteiger partial charge in [0.2, 0.25) is 0 Å². The summed E-state index contributed by atoms with van der Waals surface area (Å²) < 4.78 is 5.90. The van der Waals surface area contributed by atoms with Crippen molar-refractivity contribution in [2.24, 2.45) is 0 Å². The molecule has 19 heavy (non-hydrogen) atoms. The number of halogens is 2. The Bertz CT molecular complexity index is 622. The number of hydrogen-bond acceptors (Lipinski definition) is 4. The summed E-state index contributed by atoms with van der Waals surface area (Å²) in [5.41, 5.74) is 0.695. The van der Waals surface area contributed by atoms with Crippen molar-refractivity contribution in [2.75, 3.05) is 0 Å². The third-order valence-electron chi connectivity index (χ3n) is 2.29. The summed E-state index contributed by atoms with van der Waals surface area (Å²) in [6, 6.07) is 6.45. The van der Waals surface area contributed by atoms with Gasteiger partial charge in [-0.05, 0) is 27.6 Å². The van der Waals surface area contributed by atoms with E-state index in [0.29, 0.717) is 20.8 Å². The zero-order valence-electron chi connectivity index (χ0n) is 9.55. The number of nitro benzene ring substituents is 1. The third kappa shape index (κ3) is 3.65. The van der Waals surface area contributed by atoms with E-state index in [0.717, 1.165) is 0 Å². The molecule has 98 valence electrons. The number of hydrogen-bond donors (Lipinski definition) is 0. The van der Waals surface area contributed by atoms with Crippen molar-refractivity contribution in [2.45, 2.75) is 6.61 Å². The predicted octanol–water partition coefficient (Wildman–Crippen LogP) is 3.98. The zero-order valence-corrected chi connectivity index (χ0v) is 11.9. The second-order valence-electron chi connectivity index (χ2n) is 3.67. The van der Waals surface area contributed by atoms with Crippen LogP contribution >= 0.6 is 27.5 Å². The number of nitrogens with zero attached hydrogens (tertiary/aromatic N) is 2. The fourth-order valence-electron chi connectivity index (χ4n) is 1.43. The summed E-state index contributed by atoms with van der Waals surface area (Å²) >= 11 is 8.90. The van der Waals surface area contributed by atoms with Crippen LogP contribution in [0.3, 0.4) is 0 Å². The standard InChI is InChI=1S/C12H8BrClN2O3/c13-11-2-1-8(3-12(11)16(17)18)7-19-10-4-9(14)5-15-6-10/h1-6H,7H2. The smallest absolute Gasteiger partial charge is 0.283 e. The van der Waals surface area contributed by atoms with Gasteiger partial charge in [-0.25, -0.2) is 0 Å². The van der Waals surface area contributed by atoms with E-state index in [4.69, 9.17) is 16.3 Å². The van der Waals surface area contributed by atoms with Gasteiger partial charge in [0, 0.05) is 18.3 Å². The first-order valence-electron chi connectivity index (χ1n) is 5.22. The molecule has 0 fully saturated rings. The van der Waals surface area contributed by atoms with Gasteiger partial charge in [0.1, 0.15) is 12.4 Å². The van der Waals surface area contributed by atoms with E-state index >= 15 is 0 Å². The summed E-state index contributed by atoms with van der Waals surface area (Å²) in [6.45, 7) is 0.205. The fourth-order valence-corrected chi connectivity index (χ4v) is 1.98. The van der Waals surface area contributed by atoms with Crippen molar-refractivity contribution in [3.05, 3.63) is 61.8 Å². The van der Waals surface area contributed by atoms with E-state index in [9.17, 15) is 10.1 Å². The number of benzene rings is 1. The molecule has 1 aromatic heterocycles. The molecule has 2 aromatic rings. The van der Waals surface area contributed by atoms with Gasteiger partial charge in [-0.1, -0.05) is 17.7 Å². The number of pyridine rings is 1. The average molecular weight is 344 g/mol. The molecule has 0 aliphatic carbocycles. The molecule has 0 amide bonds. The molecular formula is C12H8BrClN2O3. The fraction of sp³-hybridized carbons (Fsp3) is 0.0833. The van der Waals surface area contributed by atoms with Crippen molar-refractivity contribution in [1.29, 1.82) is 0 Å². The Morgan fingerprint density at radius 1 is 1.37 bits per heavy atom. The van der Waals surface area contributed by atoms with Crippen LogP contribution in [0.25, 0.3) is 0 Å². The SMILES string of the molecule is O=[N+]([O-])c1cc(COc2cncc(Cl)c2)ccc1Br. The van der Waals surface area contributed by atoms with Gasteiger partial charge in [0.25, 0.3) is 5.69 Å². The van der Waals surface area contributed by atoms with Gasteiger partial charge < -0.3 is 4.74 Å². The minimum Gasteiger partial charge on any atom is -0.487 e. The van der Waals surface area contributed by atoms with Crippen LogP contribution in [0.4, 0.5) is 5.69 Å². The summed E-state index contributed by atoms with van der Waals surface area (Å²) in [5, 5.41) is 11.3. The number of ether oxygens (including phenoxy) is 1. The molecule has 0 aliphatic heterocycles. The maximum Gasteiger partial charge on any atom is 0.283 e. The molecule has 0 saturated heterocycles. The Hall–Kier alpha value is -1.66. The highest BCUT2D eigenvalue weighted by atomic mass is 79.9. The van der Waals surface area contributed by atoms with E-state index in [1.54, 1.807) is 18.2 Å². The molecule has 0 saturated carbocycles. The molecule has 1 heterocycles.